The fourth-order valence-corrected chi connectivity index (χ4v) is 4.32. The van der Waals surface area contributed by atoms with Gasteiger partial charge in [0.1, 0.15) is 5.82 Å². The lowest BCUT2D eigenvalue weighted by Crippen LogP contribution is -2.39. The molecule has 1 aromatic rings. The van der Waals surface area contributed by atoms with E-state index < -0.39 is 5.82 Å². The van der Waals surface area contributed by atoms with Crippen LogP contribution in [-0.2, 0) is 0 Å². The fourth-order valence-electron chi connectivity index (χ4n) is 4.32. The third-order valence-electron chi connectivity index (χ3n) is 6.07. The highest BCUT2D eigenvalue weighted by molar-refractivity contribution is 5.95. The Morgan fingerprint density at radius 2 is 1.72 bits per heavy atom. The number of anilines is 1. The van der Waals surface area contributed by atoms with E-state index in [0.717, 1.165) is 56.5 Å². The van der Waals surface area contributed by atoms with Gasteiger partial charge in [0.15, 0.2) is 0 Å². The molecule has 1 amide bonds. The van der Waals surface area contributed by atoms with Gasteiger partial charge in [-0.25, -0.2) is 4.39 Å². The smallest absolute Gasteiger partial charge is 0.254 e. The zero-order chi connectivity index (χ0) is 17.2. The van der Waals surface area contributed by atoms with Crippen molar-refractivity contribution in [3.05, 3.63) is 29.6 Å². The summed E-state index contributed by atoms with van der Waals surface area (Å²) in [6, 6.07) is 5.32. The van der Waals surface area contributed by atoms with E-state index in [-0.39, 0.29) is 17.5 Å². The lowest BCUT2D eigenvalue weighted by molar-refractivity contribution is 0.0947. The van der Waals surface area contributed by atoms with Crippen LogP contribution in [0.15, 0.2) is 18.2 Å². The molecule has 4 rings (SSSR count). The lowest BCUT2D eigenvalue weighted by atomic mass is 9.79. The van der Waals surface area contributed by atoms with Crippen molar-refractivity contribution in [1.29, 1.82) is 0 Å². The molecule has 2 heterocycles. The first kappa shape index (κ1) is 16.8. The maximum atomic E-state index is 14.4. The lowest BCUT2D eigenvalue weighted by Gasteiger charge is -2.38. The Kier molecular flexibility index (Phi) is 4.93. The SMILES string of the molecule is O=C(NC1CC1)c1ccc(N2CCC(C3CCNCC3)CC2)cc1F. The molecule has 0 radical (unpaired) electrons. The molecule has 0 unspecified atom stereocenters. The van der Waals surface area contributed by atoms with Crippen LogP contribution in [0.5, 0.6) is 0 Å². The van der Waals surface area contributed by atoms with Crippen LogP contribution in [0, 0.1) is 17.7 Å². The number of amides is 1. The summed E-state index contributed by atoms with van der Waals surface area (Å²) < 4.78 is 14.4. The minimum atomic E-state index is -0.406. The van der Waals surface area contributed by atoms with Crippen LogP contribution in [0.25, 0.3) is 0 Å². The topological polar surface area (TPSA) is 44.4 Å². The van der Waals surface area contributed by atoms with Crippen molar-refractivity contribution in [2.75, 3.05) is 31.1 Å². The Morgan fingerprint density at radius 1 is 1.04 bits per heavy atom. The van der Waals surface area contributed by atoms with Gasteiger partial charge in [-0.3, -0.25) is 4.79 Å². The Bertz CT molecular complexity index is 617. The van der Waals surface area contributed by atoms with Crippen molar-refractivity contribution in [3.63, 3.8) is 0 Å². The standard InChI is InChI=1S/C20H28FN3O/c21-19-13-17(3-4-18(19)20(25)23-16-1-2-16)24-11-7-15(8-12-24)14-5-9-22-10-6-14/h3-4,13-16,22H,1-2,5-12H2,(H,23,25). The number of nitrogens with zero attached hydrogens (tertiary/aromatic N) is 1. The van der Waals surface area contributed by atoms with E-state index in [1.54, 1.807) is 6.07 Å². The van der Waals surface area contributed by atoms with E-state index in [0.29, 0.717) is 0 Å². The summed E-state index contributed by atoms with van der Waals surface area (Å²) in [7, 11) is 0. The van der Waals surface area contributed by atoms with Gasteiger partial charge in [0.05, 0.1) is 5.56 Å². The molecule has 5 heteroatoms. The first-order valence-electron chi connectivity index (χ1n) is 9.77. The van der Waals surface area contributed by atoms with Gasteiger partial charge in [0.2, 0.25) is 0 Å². The molecule has 0 aromatic heterocycles. The summed E-state index contributed by atoms with van der Waals surface area (Å²) >= 11 is 0. The molecule has 1 aromatic carbocycles. The number of benzene rings is 1. The van der Waals surface area contributed by atoms with Crippen molar-refractivity contribution < 1.29 is 9.18 Å². The van der Waals surface area contributed by atoms with Gasteiger partial charge in [0, 0.05) is 24.8 Å². The zero-order valence-electron chi connectivity index (χ0n) is 14.8. The number of carbonyl (C=O) groups is 1. The molecule has 3 fully saturated rings. The van der Waals surface area contributed by atoms with Crippen molar-refractivity contribution in [2.45, 2.75) is 44.6 Å². The van der Waals surface area contributed by atoms with Crippen LogP contribution in [0.2, 0.25) is 0 Å². The third-order valence-corrected chi connectivity index (χ3v) is 6.07. The van der Waals surface area contributed by atoms with Crippen molar-refractivity contribution in [1.82, 2.24) is 10.6 Å². The van der Waals surface area contributed by atoms with Crippen molar-refractivity contribution in [3.8, 4) is 0 Å². The minimum absolute atomic E-state index is 0.167. The van der Waals surface area contributed by atoms with Crippen molar-refractivity contribution in [2.24, 2.45) is 11.8 Å². The molecule has 2 saturated heterocycles. The molecule has 3 aliphatic rings. The highest BCUT2D eigenvalue weighted by Gasteiger charge is 2.28. The molecule has 0 bridgehead atoms. The molecule has 0 spiro atoms. The third kappa shape index (κ3) is 3.97. The van der Waals surface area contributed by atoms with Crippen LogP contribution in [0.3, 0.4) is 0 Å². The molecule has 136 valence electrons. The van der Waals surface area contributed by atoms with E-state index in [2.05, 4.69) is 15.5 Å². The number of rotatable bonds is 4. The minimum Gasteiger partial charge on any atom is -0.371 e. The normalized spacial score (nSPS) is 22.8. The van der Waals surface area contributed by atoms with Crippen LogP contribution < -0.4 is 15.5 Å². The number of hydrogen-bond donors (Lipinski definition) is 2. The summed E-state index contributed by atoms with van der Waals surface area (Å²) in [4.78, 5) is 14.3. The monoisotopic (exact) mass is 345 g/mol. The zero-order valence-corrected chi connectivity index (χ0v) is 14.8. The molecule has 25 heavy (non-hydrogen) atoms. The fraction of sp³-hybridized carbons (Fsp3) is 0.650. The largest absolute Gasteiger partial charge is 0.371 e. The van der Waals surface area contributed by atoms with E-state index in [1.807, 2.05) is 6.07 Å². The molecule has 4 nitrogen and oxygen atoms in total. The first-order chi connectivity index (χ1) is 12.2. The van der Waals surface area contributed by atoms with Gasteiger partial charge in [-0.1, -0.05) is 0 Å². The number of hydrogen-bond acceptors (Lipinski definition) is 3. The van der Waals surface area contributed by atoms with Crippen LogP contribution in [-0.4, -0.2) is 38.1 Å². The Morgan fingerprint density at radius 3 is 2.36 bits per heavy atom. The predicted molar refractivity (Wildman–Crippen MR) is 97.4 cm³/mol. The summed E-state index contributed by atoms with van der Waals surface area (Å²) in [6.07, 6.45) is 7.00. The van der Waals surface area contributed by atoms with Gasteiger partial charge < -0.3 is 15.5 Å². The predicted octanol–water partition coefficient (Wildman–Crippen LogP) is 2.93. The van der Waals surface area contributed by atoms with Crippen molar-refractivity contribution >= 4 is 11.6 Å². The number of piperidine rings is 2. The summed E-state index contributed by atoms with van der Waals surface area (Å²) in [5, 5.41) is 6.29. The average molecular weight is 345 g/mol. The highest BCUT2D eigenvalue weighted by Crippen LogP contribution is 2.33. The highest BCUT2D eigenvalue weighted by atomic mass is 19.1. The van der Waals surface area contributed by atoms with Crippen LogP contribution in [0.4, 0.5) is 10.1 Å². The van der Waals surface area contributed by atoms with E-state index in [9.17, 15) is 9.18 Å². The quantitative estimate of drug-likeness (QED) is 0.882. The summed E-state index contributed by atoms with van der Waals surface area (Å²) in [6.45, 7) is 4.28. The number of halogens is 1. The van der Waals surface area contributed by atoms with Crippen LogP contribution in [0.1, 0.15) is 48.9 Å². The molecule has 1 saturated carbocycles. The van der Waals surface area contributed by atoms with E-state index in [4.69, 9.17) is 0 Å². The maximum Gasteiger partial charge on any atom is 0.254 e. The van der Waals surface area contributed by atoms with Gasteiger partial charge in [-0.15, -0.1) is 0 Å². The Labute approximate surface area is 149 Å². The van der Waals surface area contributed by atoms with Gasteiger partial charge in [-0.2, -0.15) is 0 Å². The van der Waals surface area contributed by atoms with E-state index >= 15 is 0 Å². The molecule has 2 aliphatic heterocycles. The van der Waals surface area contributed by atoms with E-state index in [1.165, 1.54) is 31.7 Å². The second kappa shape index (κ2) is 7.32. The van der Waals surface area contributed by atoms with Gasteiger partial charge in [0.25, 0.3) is 5.91 Å². The maximum absolute atomic E-state index is 14.4. The molecular formula is C20H28FN3O. The summed E-state index contributed by atoms with van der Waals surface area (Å²) in [5.41, 5.74) is 1.07. The first-order valence-corrected chi connectivity index (χ1v) is 9.77. The number of carbonyl (C=O) groups excluding carboxylic acids is 1. The Balaban J connectivity index is 1.36. The Hall–Kier alpha value is -1.62. The number of nitrogens with one attached hydrogen (secondary N) is 2. The average Bonchev–Trinajstić information content (AvgIpc) is 3.46. The van der Waals surface area contributed by atoms with Crippen LogP contribution >= 0.6 is 0 Å². The molecule has 2 N–H and O–H groups in total. The second-order valence-electron chi connectivity index (χ2n) is 7.82. The molecular weight excluding hydrogens is 317 g/mol. The van der Waals surface area contributed by atoms with Gasteiger partial charge in [-0.05, 0) is 81.6 Å². The second-order valence-corrected chi connectivity index (χ2v) is 7.82. The molecule has 0 atom stereocenters. The molecule has 1 aliphatic carbocycles. The summed E-state index contributed by atoms with van der Waals surface area (Å²) in [5.74, 6) is 0.979. The van der Waals surface area contributed by atoms with Gasteiger partial charge >= 0.3 is 0 Å².